The smallest absolute Gasteiger partial charge is 0.256 e. The zero-order chi connectivity index (χ0) is 12.4. The van der Waals surface area contributed by atoms with Crippen molar-refractivity contribution in [3.63, 3.8) is 0 Å². The number of benzene rings is 1. The van der Waals surface area contributed by atoms with Crippen LogP contribution in [0.4, 0.5) is 5.82 Å². The van der Waals surface area contributed by atoms with E-state index in [9.17, 15) is 4.79 Å². The number of rotatable bonds is 2. The molecule has 0 aliphatic rings. The van der Waals surface area contributed by atoms with Crippen LogP contribution in [0.1, 0.15) is 10.4 Å². The van der Waals surface area contributed by atoms with E-state index in [0.29, 0.717) is 11.4 Å². The van der Waals surface area contributed by atoms with Crippen molar-refractivity contribution in [3.05, 3.63) is 53.5 Å². The number of amides is 1. The average molecular weight is 255 g/mol. The van der Waals surface area contributed by atoms with Gasteiger partial charge in [-0.25, -0.2) is 9.97 Å². The van der Waals surface area contributed by atoms with Crippen LogP contribution in [0.15, 0.2) is 48.0 Å². The normalized spacial score (nSPS) is 10.4. The number of anilines is 1. The summed E-state index contributed by atoms with van der Waals surface area (Å²) in [6.07, 6.45) is 0. The molecule has 2 heterocycles. The standard InChI is InChI=1S/C13H9N3OS/c17-12(9-4-2-1-3-5-9)15-11-7-6-10-13(16-11)18-8-14-10/h1-8H,(H,15,16,17). The van der Waals surface area contributed by atoms with Crippen LogP contribution in [0.5, 0.6) is 0 Å². The minimum Gasteiger partial charge on any atom is -0.307 e. The van der Waals surface area contributed by atoms with Crippen molar-refractivity contribution in [3.8, 4) is 0 Å². The Morgan fingerprint density at radius 2 is 1.94 bits per heavy atom. The van der Waals surface area contributed by atoms with Gasteiger partial charge in [0.25, 0.3) is 5.91 Å². The van der Waals surface area contributed by atoms with Crippen LogP contribution in [0, 0.1) is 0 Å². The third-order valence-corrected chi connectivity index (χ3v) is 3.21. The second kappa shape index (κ2) is 4.54. The highest BCUT2D eigenvalue weighted by Crippen LogP contribution is 2.17. The number of thiazole rings is 1. The number of nitrogens with zero attached hydrogens (tertiary/aromatic N) is 2. The second-order valence-electron chi connectivity index (χ2n) is 3.69. The summed E-state index contributed by atoms with van der Waals surface area (Å²) in [6, 6.07) is 12.7. The highest BCUT2D eigenvalue weighted by Gasteiger charge is 2.07. The SMILES string of the molecule is O=C(Nc1ccc2ncsc2n1)c1ccccc1. The molecule has 5 heteroatoms. The van der Waals surface area contributed by atoms with Crippen molar-refractivity contribution in [1.29, 1.82) is 0 Å². The number of carbonyl (C=O) groups is 1. The quantitative estimate of drug-likeness (QED) is 0.766. The van der Waals surface area contributed by atoms with E-state index in [2.05, 4.69) is 15.3 Å². The van der Waals surface area contributed by atoms with Gasteiger partial charge in [-0.15, -0.1) is 11.3 Å². The minimum absolute atomic E-state index is 0.160. The first-order chi connectivity index (χ1) is 8.83. The Morgan fingerprint density at radius 1 is 1.11 bits per heavy atom. The third-order valence-electron chi connectivity index (χ3n) is 2.47. The number of nitrogens with one attached hydrogen (secondary N) is 1. The summed E-state index contributed by atoms with van der Waals surface area (Å²) in [5.74, 6) is 0.382. The van der Waals surface area contributed by atoms with Gasteiger partial charge in [0, 0.05) is 5.56 Å². The number of fused-ring (bicyclic) bond motifs is 1. The van der Waals surface area contributed by atoms with E-state index >= 15 is 0 Å². The zero-order valence-electron chi connectivity index (χ0n) is 9.33. The molecule has 0 fully saturated rings. The predicted molar refractivity (Wildman–Crippen MR) is 71.8 cm³/mol. The van der Waals surface area contributed by atoms with Crippen LogP contribution in [0.2, 0.25) is 0 Å². The largest absolute Gasteiger partial charge is 0.307 e. The number of hydrogen-bond donors (Lipinski definition) is 1. The second-order valence-corrected chi connectivity index (χ2v) is 4.53. The molecule has 3 rings (SSSR count). The summed E-state index contributed by atoms with van der Waals surface area (Å²) >= 11 is 1.45. The van der Waals surface area contributed by atoms with Crippen LogP contribution >= 0.6 is 11.3 Å². The Morgan fingerprint density at radius 3 is 2.78 bits per heavy atom. The molecule has 0 saturated carbocycles. The summed E-state index contributed by atoms with van der Waals surface area (Å²) in [5, 5.41) is 2.77. The summed E-state index contributed by atoms with van der Waals surface area (Å²) in [6.45, 7) is 0. The third kappa shape index (κ3) is 2.08. The van der Waals surface area contributed by atoms with E-state index in [0.717, 1.165) is 10.3 Å². The molecule has 1 N–H and O–H groups in total. The molecule has 18 heavy (non-hydrogen) atoms. The van der Waals surface area contributed by atoms with Crippen LogP contribution in [0.25, 0.3) is 10.3 Å². The van der Waals surface area contributed by atoms with Crippen LogP contribution in [-0.2, 0) is 0 Å². The van der Waals surface area contributed by atoms with Crippen molar-refractivity contribution in [1.82, 2.24) is 9.97 Å². The lowest BCUT2D eigenvalue weighted by Crippen LogP contribution is -2.12. The van der Waals surface area contributed by atoms with Gasteiger partial charge in [-0.3, -0.25) is 4.79 Å². The van der Waals surface area contributed by atoms with E-state index in [4.69, 9.17) is 0 Å². The minimum atomic E-state index is -0.160. The number of pyridine rings is 1. The Labute approximate surface area is 107 Å². The molecule has 1 aromatic carbocycles. The average Bonchev–Trinajstić information content (AvgIpc) is 2.87. The maximum absolute atomic E-state index is 11.9. The van der Waals surface area contributed by atoms with E-state index < -0.39 is 0 Å². The van der Waals surface area contributed by atoms with Gasteiger partial charge >= 0.3 is 0 Å². The molecule has 3 aromatic rings. The summed E-state index contributed by atoms with van der Waals surface area (Å²) in [5.41, 5.74) is 3.20. The Hall–Kier alpha value is -2.27. The fourth-order valence-electron chi connectivity index (χ4n) is 1.60. The molecule has 0 aliphatic carbocycles. The van der Waals surface area contributed by atoms with Gasteiger partial charge in [-0.05, 0) is 24.3 Å². The molecule has 2 aromatic heterocycles. The maximum Gasteiger partial charge on any atom is 0.256 e. The Bertz CT molecular complexity index is 694. The first-order valence-electron chi connectivity index (χ1n) is 5.39. The molecule has 0 saturated heterocycles. The van der Waals surface area contributed by atoms with Gasteiger partial charge in [0.15, 0.2) is 0 Å². The van der Waals surface area contributed by atoms with Gasteiger partial charge in [0.1, 0.15) is 16.2 Å². The summed E-state index contributed by atoms with van der Waals surface area (Å²) in [4.78, 5) is 21.2. The number of hydrogen-bond acceptors (Lipinski definition) is 4. The first kappa shape index (κ1) is 10.9. The fraction of sp³-hybridized carbons (Fsp3) is 0. The lowest BCUT2D eigenvalue weighted by atomic mass is 10.2. The van der Waals surface area contributed by atoms with E-state index in [1.54, 1.807) is 23.7 Å². The fourth-order valence-corrected chi connectivity index (χ4v) is 2.26. The van der Waals surface area contributed by atoms with Crippen molar-refractivity contribution in [2.75, 3.05) is 5.32 Å². The molecular weight excluding hydrogens is 246 g/mol. The topological polar surface area (TPSA) is 54.9 Å². The molecule has 0 spiro atoms. The maximum atomic E-state index is 11.9. The van der Waals surface area contributed by atoms with Gasteiger partial charge in [0.05, 0.1) is 5.51 Å². The molecule has 1 amide bonds. The van der Waals surface area contributed by atoms with E-state index in [-0.39, 0.29) is 5.91 Å². The molecule has 4 nitrogen and oxygen atoms in total. The highest BCUT2D eigenvalue weighted by atomic mass is 32.1. The van der Waals surface area contributed by atoms with Gasteiger partial charge in [0.2, 0.25) is 0 Å². The first-order valence-corrected chi connectivity index (χ1v) is 6.27. The van der Waals surface area contributed by atoms with Gasteiger partial charge < -0.3 is 5.32 Å². The van der Waals surface area contributed by atoms with Gasteiger partial charge in [-0.1, -0.05) is 18.2 Å². The number of aromatic nitrogens is 2. The molecular formula is C13H9N3OS. The van der Waals surface area contributed by atoms with Crippen LogP contribution in [-0.4, -0.2) is 15.9 Å². The molecule has 0 aliphatic heterocycles. The highest BCUT2D eigenvalue weighted by molar-refractivity contribution is 7.16. The van der Waals surface area contributed by atoms with E-state index in [1.165, 1.54) is 11.3 Å². The van der Waals surface area contributed by atoms with Crippen molar-refractivity contribution >= 4 is 33.4 Å². The Kier molecular flexibility index (Phi) is 2.74. The molecule has 0 unspecified atom stereocenters. The monoisotopic (exact) mass is 255 g/mol. The van der Waals surface area contributed by atoms with Crippen molar-refractivity contribution in [2.45, 2.75) is 0 Å². The van der Waals surface area contributed by atoms with Crippen LogP contribution in [0.3, 0.4) is 0 Å². The molecule has 0 radical (unpaired) electrons. The summed E-state index contributed by atoms with van der Waals surface area (Å²) in [7, 11) is 0. The van der Waals surface area contributed by atoms with Crippen molar-refractivity contribution < 1.29 is 4.79 Å². The molecule has 88 valence electrons. The number of carbonyl (C=O) groups excluding carboxylic acids is 1. The van der Waals surface area contributed by atoms with Crippen molar-refractivity contribution in [2.24, 2.45) is 0 Å². The van der Waals surface area contributed by atoms with Gasteiger partial charge in [-0.2, -0.15) is 0 Å². The predicted octanol–water partition coefficient (Wildman–Crippen LogP) is 2.94. The molecule has 0 bridgehead atoms. The zero-order valence-corrected chi connectivity index (χ0v) is 10.1. The molecule has 0 atom stereocenters. The lowest BCUT2D eigenvalue weighted by molar-refractivity contribution is 0.102. The van der Waals surface area contributed by atoms with E-state index in [1.807, 2.05) is 24.3 Å². The lowest BCUT2D eigenvalue weighted by Gasteiger charge is -2.03. The van der Waals surface area contributed by atoms with Crippen LogP contribution < -0.4 is 5.32 Å². The Balaban J connectivity index is 1.86. The summed E-state index contributed by atoms with van der Waals surface area (Å²) < 4.78 is 0.